The normalized spacial score (nSPS) is 11.6. The summed E-state index contributed by atoms with van der Waals surface area (Å²) in [5.41, 5.74) is 6.12. The number of carbonyl (C=O) groups excluding carboxylic acids is 2. The van der Waals surface area contributed by atoms with Gasteiger partial charge in [-0.25, -0.2) is 0 Å². The number of carbonyl (C=O) groups is 2. The maximum Gasteiger partial charge on any atom is 0.265 e. The minimum atomic E-state index is -0.649. The number of nitrogens with two attached hydrogens (primary N) is 1. The van der Waals surface area contributed by atoms with Crippen LogP contribution >= 0.6 is 11.6 Å². The maximum absolute atomic E-state index is 12.3. The van der Waals surface area contributed by atoms with E-state index in [1.165, 1.54) is 0 Å². The van der Waals surface area contributed by atoms with Crippen LogP contribution in [0.15, 0.2) is 48.5 Å². The van der Waals surface area contributed by atoms with Crippen molar-refractivity contribution in [1.29, 1.82) is 0 Å². The molecule has 0 bridgehead atoms. The smallest absolute Gasteiger partial charge is 0.265 e. The summed E-state index contributed by atoms with van der Waals surface area (Å²) in [4.78, 5) is 23.3. The van der Waals surface area contributed by atoms with E-state index in [4.69, 9.17) is 22.1 Å². The van der Waals surface area contributed by atoms with Crippen LogP contribution in [-0.2, 0) is 4.79 Å². The van der Waals surface area contributed by atoms with Crippen LogP contribution in [0.4, 0.5) is 5.69 Å². The molecule has 0 aliphatic heterocycles. The van der Waals surface area contributed by atoms with Crippen LogP contribution in [-0.4, -0.2) is 17.9 Å². The summed E-state index contributed by atoms with van der Waals surface area (Å²) in [7, 11) is 0. The number of rotatable bonds is 6. The van der Waals surface area contributed by atoms with E-state index in [2.05, 4.69) is 5.32 Å². The molecule has 0 saturated heterocycles. The van der Waals surface area contributed by atoms with E-state index < -0.39 is 12.0 Å². The summed E-state index contributed by atoms with van der Waals surface area (Å²) < 4.78 is 5.67. The van der Waals surface area contributed by atoms with Crippen molar-refractivity contribution in [3.8, 4) is 5.75 Å². The first-order valence-corrected chi connectivity index (χ1v) is 7.50. The van der Waals surface area contributed by atoms with Crippen molar-refractivity contribution in [2.24, 2.45) is 5.73 Å². The second-order valence-corrected chi connectivity index (χ2v) is 5.34. The zero-order valence-electron chi connectivity index (χ0n) is 12.6. The molecule has 2 amide bonds. The molecule has 2 aromatic carbocycles. The molecule has 120 valence electrons. The van der Waals surface area contributed by atoms with Gasteiger partial charge in [0.25, 0.3) is 5.91 Å². The highest BCUT2D eigenvalue weighted by atomic mass is 35.5. The number of halogens is 1. The topological polar surface area (TPSA) is 81.4 Å². The van der Waals surface area contributed by atoms with E-state index in [-0.39, 0.29) is 5.91 Å². The van der Waals surface area contributed by atoms with Gasteiger partial charge in [-0.05, 0) is 48.9 Å². The lowest BCUT2D eigenvalue weighted by molar-refractivity contribution is -0.122. The van der Waals surface area contributed by atoms with Crippen LogP contribution in [0.2, 0.25) is 5.02 Å². The van der Waals surface area contributed by atoms with Crippen LogP contribution in [0, 0.1) is 0 Å². The zero-order valence-corrected chi connectivity index (χ0v) is 13.3. The molecule has 0 aliphatic carbocycles. The Bertz CT molecular complexity index is 701. The number of benzene rings is 2. The van der Waals surface area contributed by atoms with Gasteiger partial charge in [0.15, 0.2) is 6.10 Å². The number of anilines is 1. The van der Waals surface area contributed by atoms with E-state index >= 15 is 0 Å². The number of ether oxygens (including phenoxy) is 1. The van der Waals surface area contributed by atoms with Crippen molar-refractivity contribution in [3.63, 3.8) is 0 Å². The quantitative estimate of drug-likeness (QED) is 0.852. The lowest BCUT2D eigenvalue weighted by atomic mass is 10.2. The van der Waals surface area contributed by atoms with Gasteiger partial charge in [-0.15, -0.1) is 0 Å². The molecular formula is C17H17ClN2O3. The second-order valence-electron chi connectivity index (χ2n) is 4.90. The Kier molecular flexibility index (Phi) is 5.60. The molecule has 23 heavy (non-hydrogen) atoms. The Morgan fingerprint density at radius 2 is 1.91 bits per heavy atom. The highest BCUT2D eigenvalue weighted by Crippen LogP contribution is 2.20. The summed E-state index contributed by atoms with van der Waals surface area (Å²) in [5.74, 6) is -0.263. The van der Waals surface area contributed by atoms with Crippen molar-refractivity contribution >= 4 is 29.1 Å². The molecule has 3 N–H and O–H groups in total. The third kappa shape index (κ3) is 4.72. The van der Waals surface area contributed by atoms with E-state index in [0.29, 0.717) is 28.4 Å². The van der Waals surface area contributed by atoms with Crippen molar-refractivity contribution in [2.75, 3.05) is 5.32 Å². The molecule has 0 radical (unpaired) electrons. The number of hydrogen-bond acceptors (Lipinski definition) is 3. The Morgan fingerprint density at radius 1 is 1.22 bits per heavy atom. The Hall–Kier alpha value is -2.53. The minimum absolute atomic E-state index is 0.278. The van der Waals surface area contributed by atoms with Crippen LogP contribution < -0.4 is 15.8 Å². The summed E-state index contributed by atoms with van der Waals surface area (Å²) >= 11 is 5.90. The molecule has 0 heterocycles. The van der Waals surface area contributed by atoms with E-state index in [0.717, 1.165) is 0 Å². The minimum Gasteiger partial charge on any atom is -0.481 e. The number of nitrogens with one attached hydrogen (secondary N) is 1. The Balaban J connectivity index is 2.03. The van der Waals surface area contributed by atoms with Gasteiger partial charge in [-0.3, -0.25) is 9.59 Å². The summed E-state index contributed by atoms with van der Waals surface area (Å²) in [6, 6.07) is 13.2. The first-order valence-electron chi connectivity index (χ1n) is 7.12. The lowest BCUT2D eigenvalue weighted by Gasteiger charge is -2.17. The zero-order chi connectivity index (χ0) is 16.8. The highest BCUT2D eigenvalue weighted by molar-refractivity contribution is 6.30. The van der Waals surface area contributed by atoms with Crippen LogP contribution in [0.25, 0.3) is 0 Å². The predicted molar refractivity (Wildman–Crippen MR) is 89.7 cm³/mol. The molecule has 0 aromatic heterocycles. The standard InChI is InChI=1S/C17H17ClN2O3/c1-2-15(23-14-5-3-4-12(18)10-14)17(22)20-13-8-6-11(7-9-13)16(19)21/h3-10,15H,2H2,1H3,(H2,19,21)(H,20,22)/t15-/m0/s1. The molecule has 5 nitrogen and oxygen atoms in total. The van der Waals surface area contributed by atoms with E-state index in [1.807, 2.05) is 6.92 Å². The fraction of sp³-hybridized carbons (Fsp3) is 0.176. The van der Waals surface area contributed by atoms with Gasteiger partial charge in [-0.2, -0.15) is 0 Å². The highest BCUT2D eigenvalue weighted by Gasteiger charge is 2.18. The van der Waals surface area contributed by atoms with Gasteiger partial charge >= 0.3 is 0 Å². The van der Waals surface area contributed by atoms with E-state index in [9.17, 15) is 9.59 Å². The molecule has 0 unspecified atom stereocenters. The summed E-state index contributed by atoms with van der Waals surface area (Å²) in [5, 5.41) is 3.29. The molecule has 6 heteroatoms. The maximum atomic E-state index is 12.3. The van der Waals surface area contributed by atoms with Crippen molar-refractivity contribution in [2.45, 2.75) is 19.4 Å². The van der Waals surface area contributed by atoms with Gasteiger partial charge in [0.05, 0.1) is 0 Å². The molecule has 0 spiro atoms. The van der Waals surface area contributed by atoms with Crippen molar-refractivity contribution < 1.29 is 14.3 Å². The number of primary amides is 1. The molecule has 0 aliphatic rings. The lowest BCUT2D eigenvalue weighted by Crippen LogP contribution is -2.32. The first kappa shape index (κ1) is 16.8. The number of amides is 2. The molecule has 2 rings (SSSR count). The van der Waals surface area contributed by atoms with Gasteiger partial charge in [0.2, 0.25) is 5.91 Å². The predicted octanol–water partition coefficient (Wildman–Crippen LogP) is 3.24. The van der Waals surface area contributed by atoms with Gasteiger partial charge in [0.1, 0.15) is 5.75 Å². The largest absolute Gasteiger partial charge is 0.481 e. The van der Waals surface area contributed by atoms with Crippen molar-refractivity contribution in [1.82, 2.24) is 0 Å². The van der Waals surface area contributed by atoms with Gasteiger partial charge in [-0.1, -0.05) is 24.6 Å². The van der Waals surface area contributed by atoms with Crippen LogP contribution in [0.5, 0.6) is 5.75 Å². The molecule has 0 saturated carbocycles. The third-order valence-electron chi connectivity index (χ3n) is 3.17. The second kappa shape index (κ2) is 7.65. The Morgan fingerprint density at radius 3 is 2.48 bits per heavy atom. The summed E-state index contributed by atoms with van der Waals surface area (Å²) in [6.07, 6.45) is -0.151. The van der Waals surface area contributed by atoms with Crippen LogP contribution in [0.1, 0.15) is 23.7 Å². The Labute approximate surface area is 139 Å². The fourth-order valence-corrected chi connectivity index (χ4v) is 2.15. The number of hydrogen-bond donors (Lipinski definition) is 2. The molecular weight excluding hydrogens is 316 g/mol. The summed E-state index contributed by atoms with van der Waals surface area (Å²) in [6.45, 7) is 1.85. The SMILES string of the molecule is CC[C@H](Oc1cccc(Cl)c1)C(=O)Nc1ccc(C(N)=O)cc1. The third-order valence-corrected chi connectivity index (χ3v) is 3.41. The molecule has 0 fully saturated rings. The average Bonchev–Trinajstić information content (AvgIpc) is 2.53. The first-order chi connectivity index (χ1) is 11.0. The van der Waals surface area contributed by atoms with Crippen molar-refractivity contribution in [3.05, 3.63) is 59.1 Å². The monoisotopic (exact) mass is 332 g/mol. The van der Waals surface area contributed by atoms with Gasteiger partial charge in [0, 0.05) is 16.3 Å². The molecule has 1 atom stereocenters. The van der Waals surface area contributed by atoms with Gasteiger partial charge < -0.3 is 15.8 Å². The molecule has 2 aromatic rings. The fourth-order valence-electron chi connectivity index (χ4n) is 1.97. The average molecular weight is 333 g/mol. The van der Waals surface area contributed by atoms with E-state index in [1.54, 1.807) is 48.5 Å². The van der Waals surface area contributed by atoms with Crippen LogP contribution in [0.3, 0.4) is 0 Å².